The highest BCUT2D eigenvalue weighted by atomic mass is 15.2. The Morgan fingerprint density at radius 2 is 1.65 bits per heavy atom. The molecule has 2 atom stereocenters. The number of hydrogen-bond acceptors (Lipinski definition) is 2. The molecule has 2 aromatic rings. The molecule has 3 rings (SSSR count). The van der Waals surface area contributed by atoms with Gasteiger partial charge in [-0.1, -0.05) is 60.7 Å². The van der Waals surface area contributed by atoms with E-state index in [1.54, 1.807) is 0 Å². The first-order valence-corrected chi connectivity index (χ1v) is 7.42. The van der Waals surface area contributed by atoms with Gasteiger partial charge in [-0.25, -0.2) is 0 Å². The van der Waals surface area contributed by atoms with Crippen LogP contribution in [0.4, 0.5) is 0 Å². The molecule has 1 saturated heterocycles. The van der Waals surface area contributed by atoms with Gasteiger partial charge in [-0.15, -0.1) is 0 Å². The summed E-state index contributed by atoms with van der Waals surface area (Å²) in [5.41, 5.74) is 8.82. The quantitative estimate of drug-likeness (QED) is 0.921. The molecule has 2 nitrogen and oxygen atoms in total. The fourth-order valence-electron chi connectivity index (χ4n) is 3.24. The van der Waals surface area contributed by atoms with Crippen LogP contribution in [0.3, 0.4) is 0 Å². The van der Waals surface area contributed by atoms with Gasteiger partial charge in [-0.2, -0.15) is 0 Å². The third-order valence-corrected chi connectivity index (χ3v) is 4.34. The predicted molar refractivity (Wildman–Crippen MR) is 83.6 cm³/mol. The Morgan fingerprint density at radius 3 is 2.30 bits per heavy atom. The number of benzene rings is 2. The fourth-order valence-corrected chi connectivity index (χ4v) is 3.24. The van der Waals surface area contributed by atoms with Crippen LogP contribution in [-0.4, -0.2) is 24.5 Å². The van der Waals surface area contributed by atoms with Crippen molar-refractivity contribution in [3.8, 4) is 0 Å². The largest absolute Gasteiger partial charge is 0.329 e. The van der Waals surface area contributed by atoms with Crippen LogP contribution in [-0.2, 0) is 0 Å². The Bertz CT molecular complexity index is 524. The lowest BCUT2D eigenvalue weighted by molar-refractivity contribution is 0.248. The van der Waals surface area contributed by atoms with E-state index in [9.17, 15) is 0 Å². The number of nitrogens with zero attached hydrogens (tertiary/aromatic N) is 1. The lowest BCUT2D eigenvalue weighted by Crippen LogP contribution is -2.31. The molecule has 1 heterocycles. The minimum absolute atomic E-state index is 0.352. The van der Waals surface area contributed by atoms with Crippen LogP contribution in [0, 0.1) is 0 Å². The molecule has 0 radical (unpaired) electrons. The minimum atomic E-state index is 0.352. The Hall–Kier alpha value is -1.64. The smallest absolute Gasteiger partial charge is 0.0470 e. The van der Waals surface area contributed by atoms with Gasteiger partial charge >= 0.3 is 0 Å². The predicted octanol–water partition coefficient (Wildman–Crippen LogP) is 3.18. The summed E-state index contributed by atoms with van der Waals surface area (Å²) < 4.78 is 0. The monoisotopic (exact) mass is 266 g/mol. The molecule has 2 aromatic carbocycles. The van der Waals surface area contributed by atoms with Crippen molar-refractivity contribution in [3.63, 3.8) is 0 Å². The van der Waals surface area contributed by atoms with E-state index < -0.39 is 0 Å². The van der Waals surface area contributed by atoms with E-state index in [4.69, 9.17) is 5.73 Å². The zero-order chi connectivity index (χ0) is 13.8. The Kier molecular flexibility index (Phi) is 4.14. The number of hydrogen-bond donors (Lipinski definition) is 1. The Labute approximate surface area is 121 Å². The first-order chi connectivity index (χ1) is 9.88. The molecular formula is C18H22N2. The summed E-state index contributed by atoms with van der Waals surface area (Å²) >= 11 is 0. The van der Waals surface area contributed by atoms with Crippen molar-refractivity contribution in [2.24, 2.45) is 5.73 Å². The molecule has 1 fully saturated rings. The van der Waals surface area contributed by atoms with Gasteiger partial charge in [0.25, 0.3) is 0 Å². The Morgan fingerprint density at radius 1 is 1.00 bits per heavy atom. The van der Waals surface area contributed by atoms with Crippen LogP contribution in [0.5, 0.6) is 0 Å². The van der Waals surface area contributed by atoms with E-state index >= 15 is 0 Å². The van der Waals surface area contributed by atoms with Crippen LogP contribution in [0.2, 0.25) is 0 Å². The first-order valence-electron chi connectivity index (χ1n) is 7.42. The molecule has 0 aromatic heterocycles. The summed E-state index contributed by atoms with van der Waals surface area (Å²) in [5.74, 6) is 0.647. The van der Waals surface area contributed by atoms with Gasteiger partial charge in [0.2, 0.25) is 0 Å². The van der Waals surface area contributed by atoms with E-state index in [1.807, 2.05) is 0 Å². The fraction of sp³-hybridized carbons (Fsp3) is 0.333. The number of likely N-dealkylation sites (tertiary alicyclic amines) is 1. The van der Waals surface area contributed by atoms with Crippen LogP contribution < -0.4 is 5.73 Å². The zero-order valence-electron chi connectivity index (χ0n) is 11.8. The van der Waals surface area contributed by atoms with Crippen molar-refractivity contribution < 1.29 is 0 Å². The van der Waals surface area contributed by atoms with E-state index in [0.717, 1.165) is 13.1 Å². The van der Waals surface area contributed by atoms with Gasteiger partial charge in [0.1, 0.15) is 0 Å². The molecule has 2 heteroatoms. The van der Waals surface area contributed by atoms with Gasteiger partial charge in [0.15, 0.2) is 0 Å². The summed E-state index contributed by atoms with van der Waals surface area (Å²) in [6, 6.07) is 21.8. The molecule has 1 aliphatic rings. The maximum atomic E-state index is 6.03. The van der Waals surface area contributed by atoms with Crippen molar-refractivity contribution in [1.82, 2.24) is 4.90 Å². The van der Waals surface area contributed by atoms with Gasteiger partial charge in [-0.05, 0) is 30.0 Å². The highest BCUT2D eigenvalue weighted by molar-refractivity contribution is 5.23. The molecular weight excluding hydrogens is 244 g/mol. The summed E-state index contributed by atoms with van der Waals surface area (Å²) in [5, 5.41) is 0. The second-order valence-corrected chi connectivity index (χ2v) is 5.55. The molecule has 0 amide bonds. The summed E-state index contributed by atoms with van der Waals surface area (Å²) in [4.78, 5) is 2.53. The van der Waals surface area contributed by atoms with Gasteiger partial charge in [-0.3, -0.25) is 4.90 Å². The van der Waals surface area contributed by atoms with Crippen molar-refractivity contribution in [1.29, 1.82) is 0 Å². The molecule has 0 saturated carbocycles. The highest BCUT2D eigenvalue weighted by Gasteiger charge is 2.28. The Balaban J connectivity index is 1.73. The van der Waals surface area contributed by atoms with Crippen LogP contribution >= 0.6 is 0 Å². The molecule has 20 heavy (non-hydrogen) atoms. The SMILES string of the molecule is NCC(c1ccccc1)N1CCC(c2ccccc2)C1. The first kappa shape index (κ1) is 13.3. The van der Waals surface area contributed by atoms with Crippen molar-refractivity contribution in [2.45, 2.75) is 18.4 Å². The minimum Gasteiger partial charge on any atom is -0.329 e. The molecule has 0 spiro atoms. The standard InChI is InChI=1S/C18H22N2/c19-13-18(16-9-5-2-6-10-16)20-12-11-17(14-20)15-7-3-1-4-8-15/h1-10,17-18H,11-14,19H2. The average molecular weight is 266 g/mol. The van der Waals surface area contributed by atoms with Crippen LogP contribution in [0.25, 0.3) is 0 Å². The maximum absolute atomic E-state index is 6.03. The van der Waals surface area contributed by atoms with E-state index in [1.165, 1.54) is 17.5 Å². The van der Waals surface area contributed by atoms with Crippen LogP contribution in [0.1, 0.15) is 29.5 Å². The van der Waals surface area contributed by atoms with Crippen molar-refractivity contribution in [2.75, 3.05) is 19.6 Å². The topological polar surface area (TPSA) is 29.3 Å². The lowest BCUT2D eigenvalue weighted by atomic mass is 9.98. The summed E-state index contributed by atoms with van der Waals surface area (Å²) in [6.45, 7) is 2.93. The molecule has 0 aliphatic carbocycles. The second kappa shape index (κ2) is 6.21. The van der Waals surface area contributed by atoms with Gasteiger partial charge in [0.05, 0.1) is 0 Å². The normalized spacial score (nSPS) is 20.9. The molecule has 0 bridgehead atoms. The van der Waals surface area contributed by atoms with Crippen molar-refractivity contribution in [3.05, 3.63) is 71.8 Å². The van der Waals surface area contributed by atoms with Crippen molar-refractivity contribution >= 4 is 0 Å². The van der Waals surface area contributed by atoms with Crippen LogP contribution in [0.15, 0.2) is 60.7 Å². The van der Waals surface area contributed by atoms with Gasteiger partial charge in [0, 0.05) is 19.1 Å². The molecule has 2 unspecified atom stereocenters. The highest BCUT2D eigenvalue weighted by Crippen LogP contribution is 2.32. The average Bonchev–Trinajstić information content (AvgIpc) is 3.00. The lowest BCUT2D eigenvalue weighted by Gasteiger charge is -2.27. The third-order valence-electron chi connectivity index (χ3n) is 4.34. The number of nitrogens with two attached hydrogens (primary N) is 1. The van der Waals surface area contributed by atoms with E-state index in [0.29, 0.717) is 18.5 Å². The summed E-state index contributed by atoms with van der Waals surface area (Å²) in [6.07, 6.45) is 1.23. The van der Waals surface area contributed by atoms with E-state index in [-0.39, 0.29) is 0 Å². The van der Waals surface area contributed by atoms with E-state index in [2.05, 4.69) is 65.6 Å². The number of rotatable bonds is 4. The second-order valence-electron chi connectivity index (χ2n) is 5.55. The zero-order valence-corrected chi connectivity index (χ0v) is 11.8. The van der Waals surface area contributed by atoms with Gasteiger partial charge < -0.3 is 5.73 Å². The maximum Gasteiger partial charge on any atom is 0.0470 e. The molecule has 104 valence electrons. The summed E-state index contributed by atoms with van der Waals surface area (Å²) in [7, 11) is 0. The molecule has 2 N–H and O–H groups in total. The third kappa shape index (κ3) is 2.77. The molecule has 1 aliphatic heterocycles.